The van der Waals surface area contributed by atoms with Gasteiger partial charge >= 0.3 is 0 Å². The maximum Gasteiger partial charge on any atom is 0.0435 e. The topological polar surface area (TPSA) is 0 Å². The molecule has 2 fully saturated rings. The second kappa shape index (κ2) is 4.34. The molecular formula is C18H19Br. The minimum atomic E-state index is 0.549. The van der Waals surface area contributed by atoms with Gasteiger partial charge in [-0.05, 0) is 59.4 Å². The summed E-state index contributed by atoms with van der Waals surface area (Å²) in [6, 6.07) is 13.5. The van der Waals surface area contributed by atoms with E-state index in [1.165, 1.54) is 41.2 Å². The van der Waals surface area contributed by atoms with Crippen molar-refractivity contribution in [3.8, 4) is 0 Å². The number of alkyl halides is 1. The molecule has 0 nitrogen and oxygen atoms in total. The first-order chi connectivity index (χ1) is 9.27. The van der Waals surface area contributed by atoms with Gasteiger partial charge in [0.25, 0.3) is 0 Å². The van der Waals surface area contributed by atoms with E-state index in [1.54, 1.807) is 0 Å². The van der Waals surface area contributed by atoms with Crippen molar-refractivity contribution in [2.45, 2.75) is 31.0 Å². The second-order valence-corrected chi connectivity index (χ2v) is 7.24. The highest BCUT2D eigenvalue weighted by atomic mass is 79.9. The van der Waals surface area contributed by atoms with Crippen molar-refractivity contribution in [3.63, 3.8) is 0 Å². The first-order valence-electron chi connectivity index (χ1n) is 7.39. The molecule has 0 bridgehead atoms. The van der Waals surface area contributed by atoms with Gasteiger partial charge < -0.3 is 0 Å². The van der Waals surface area contributed by atoms with E-state index in [9.17, 15) is 0 Å². The third-order valence-corrected chi connectivity index (χ3v) is 6.39. The Balaban J connectivity index is 1.77. The van der Waals surface area contributed by atoms with Gasteiger partial charge in [-0.1, -0.05) is 58.7 Å². The summed E-state index contributed by atoms with van der Waals surface area (Å²) >= 11 is 4.01. The van der Waals surface area contributed by atoms with Crippen molar-refractivity contribution in [2.75, 3.05) is 0 Å². The Morgan fingerprint density at radius 3 is 2.42 bits per heavy atom. The lowest BCUT2D eigenvalue weighted by Crippen LogP contribution is -1.99. The third kappa shape index (κ3) is 1.78. The minimum absolute atomic E-state index is 0.549. The van der Waals surface area contributed by atoms with Gasteiger partial charge in [0.15, 0.2) is 0 Å². The molecule has 0 spiro atoms. The molecule has 0 radical (unpaired) electrons. The molecule has 2 aromatic carbocycles. The standard InChI is InChI=1S/C18H19Br/c1-11-9-10-16(13-6-3-2-5-12(11)13)18(19)17-14-7-4-8-15(14)17/h2-3,5-6,9-10,14-15,17-18H,4,7-8H2,1H3. The Morgan fingerprint density at radius 2 is 1.68 bits per heavy atom. The minimum Gasteiger partial charge on any atom is -0.0835 e. The van der Waals surface area contributed by atoms with Gasteiger partial charge in [-0.25, -0.2) is 0 Å². The first-order valence-corrected chi connectivity index (χ1v) is 8.31. The van der Waals surface area contributed by atoms with Crippen molar-refractivity contribution in [3.05, 3.63) is 47.5 Å². The molecule has 2 aliphatic rings. The average Bonchev–Trinajstić information content (AvgIpc) is 2.92. The predicted molar refractivity (Wildman–Crippen MR) is 84.7 cm³/mol. The zero-order valence-corrected chi connectivity index (χ0v) is 12.9. The molecule has 0 heterocycles. The van der Waals surface area contributed by atoms with Crippen LogP contribution in [0.15, 0.2) is 36.4 Å². The smallest absolute Gasteiger partial charge is 0.0435 e. The van der Waals surface area contributed by atoms with E-state index in [2.05, 4.69) is 59.3 Å². The zero-order chi connectivity index (χ0) is 13.0. The van der Waals surface area contributed by atoms with Gasteiger partial charge in [-0.2, -0.15) is 0 Å². The molecule has 0 amide bonds. The van der Waals surface area contributed by atoms with Gasteiger partial charge in [0.1, 0.15) is 0 Å². The van der Waals surface area contributed by atoms with E-state index >= 15 is 0 Å². The van der Waals surface area contributed by atoms with Gasteiger partial charge in [0.05, 0.1) is 0 Å². The summed E-state index contributed by atoms with van der Waals surface area (Å²) in [6.45, 7) is 2.21. The summed E-state index contributed by atoms with van der Waals surface area (Å²) in [6.07, 6.45) is 4.38. The predicted octanol–water partition coefficient (Wildman–Crippen LogP) is 5.63. The Kier molecular flexibility index (Phi) is 2.73. The number of fused-ring (bicyclic) bond motifs is 2. The molecular weight excluding hydrogens is 296 g/mol. The van der Waals surface area contributed by atoms with Crippen molar-refractivity contribution in [2.24, 2.45) is 17.8 Å². The highest BCUT2D eigenvalue weighted by Gasteiger charge is 2.55. The van der Waals surface area contributed by atoms with Crippen molar-refractivity contribution in [1.29, 1.82) is 0 Å². The molecule has 3 atom stereocenters. The average molecular weight is 315 g/mol. The number of halogens is 1. The summed E-state index contributed by atoms with van der Waals surface area (Å²) in [5.74, 6) is 2.90. The van der Waals surface area contributed by atoms with Gasteiger partial charge in [0.2, 0.25) is 0 Å². The van der Waals surface area contributed by atoms with E-state index in [0.717, 1.165) is 17.8 Å². The largest absolute Gasteiger partial charge is 0.0835 e. The Labute approximate surface area is 123 Å². The fourth-order valence-corrected chi connectivity index (χ4v) is 5.42. The maximum absolute atomic E-state index is 4.01. The van der Waals surface area contributed by atoms with Crippen molar-refractivity contribution in [1.82, 2.24) is 0 Å². The van der Waals surface area contributed by atoms with E-state index in [4.69, 9.17) is 0 Å². The number of benzene rings is 2. The normalized spacial score (nSPS) is 30.3. The van der Waals surface area contributed by atoms with Crippen LogP contribution in [0.2, 0.25) is 0 Å². The SMILES string of the molecule is Cc1ccc(C(Br)C2C3CCCC32)c2ccccc12. The third-order valence-electron chi connectivity index (χ3n) is 5.28. The molecule has 0 saturated heterocycles. The molecule has 4 rings (SSSR count). The highest BCUT2D eigenvalue weighted by molar-refractivity contribution is 9.09. The zero-order valence-electron chi connectivity index (χ0n) is 11.3. The molecule has 19 heavy (non-hydrogen) atoms. The number of hydrogen-bond acceptors (Lipinski definition) is 0. The lowest BCUT2D eigenvalue weighted by molar-refractivity contribution is 0.584. The Hall–Kier alpha value is -0.820. The lowest BCUT2D eigenvalue weighted by atomic mass is 9.95. The Morgan fingerprint density at radius 1 is 1.00 bits per heavy atom. The van der Waals surface area contributed by atoms with E-state index in [0.29, 0.717) is 4.83 Å². The van der Waals surface area contributed by atoms with Crippen LogP contribution in [0.1, 0.15) is 35.2 Å². The van der Waals surface area contributed by atoms with Crippen LogP contribution in [-0.2, 0) is 0 Å². The summed E-state index contributed by atoms with van der Waals surface area (Å²) < 4.78 is 0. The summed E-state index contributed by atoms with van der Waals surface area (Å²) in [4.78, 5) is 0.549. The lowest BCUT2D eigenvalue weighted by Gasteiger charge is -2.16. The van der Waals surface area contributed by atoms with E-state index < -0.39 is 0 Å². The molecule has 2 saturated carbocycles. The van der Waals surface area contributed by atoms with Crippen LogP contribution in [0.4, 0.5) is 0 Å². The quantitative estimate of drug-likeness (QED) is 0.630. The van der Waals surface area contributed by atoms with Gasteiger partial charge in [-0.15, -0.1) is 0 Å². The fourth-order valence-electron chi connectivity index (χ4n) is 4.23. The number of hydrogen-bond donors (Lipinski definition) is 0. The van der Waals surface area contributed by atoms with Crippen LogP contribution < -0.4 is 0 Å². The van der Waals surface area contributed by atoms with Crippen molar-refractivity contribution < 1.29 is 0 Å². The van der Waals surface area contributed by atoms with Crippen molar-refractivity contribution >= 4 is 26.7 Å². The van der Waals surface area contributed by atoms with Crippen LogP contribution in [0.25, 0.3) is 10.8 Å². The first kappa shape index (κ1) is 12.0. The van der Waals surface area contributed by atoms with Crippen LogP contribution in [-0.4, -0.2) is 0 Å². The molecule has 2 aliphatic carbocycles. The van der Waals surface area contributed by atoms with Crippen LogP contribution in [0, 0.1) is 24.7 Å². The fraction of sp³-hybridized carbons (Fsp3) is 0.444. The van der Waals surface area contributed by atoms with Gasteiger partial charge in [-0.3, -0.25) is 0 Å². The van der Waals surface area contributed by atoms with Crippen LogP contribution in [0.5, 0.6) is 0 Å². The van der Waals surface area contributed by atoms with E-state index in [-0.39, 0.29) is 0 Å². The number of rotatable bonds is 2. The molecule has 0 aromatic heterocycles. The molecule has 1 heteroatoms. The summed E-state index contributed by atoms with van der Waals surface area (Å²) in [5, 5.41) is 2.85. The molecule has 3 unspecified atom stereocenters. The monoisotopic (exact) mass is 314 g/mol. The summed E-state index contributed by atoms with van der Waals surface area (Å²) in [5.41, 5.74) is 2.88. The molecule has 0 N–H and O–H groups in total. The highest BCUT2D eigenvalue weighted by Crippen LogP contribution is 2.64. The summed E-state index contributed by atoms with van der Waals surface area (Å²) in [7, 11) is 0. The van der Waals surface area contributed by atoms with Crippen LogP contribution in [0.3, 0.4) is 0 Å². The number of aryl methyl sites for hydroxylation is 1. The van der Waals surface area contributed by atoms with Gasteiger partial charge in [0, 0.05) is 4.83 Å². The Bertz CT molecular complexity index is 621. The second-order valence-electron chi connectivity index (χ2n) is 6.25. The van der Waals surface area contributed by atoms with E-state index in [1.807, 2.05) is 0 Å². The van der Waals surface area contributed by atoms with Crippen LogP contribution >= 0.6 is 15.9 Å². The molecule has 0 aliphatic heterocycles. The maximum atomic E-state index is 4.01. The molecule has 2 aromatic rings. The molecule has 98 valence electrons.